The summed E-state index contributed by atoms with van der Waals surface area (Å²) in [6.45, 7) is 9.39. The van der Waals surface area contributed by atoms with Gasteiger partial charge in [0, 0.05) is 19.6 Å². The standard InChI is InChI=1S/C12H22N2O3/c1-5-14(8-10(2)3)11(15)9-13(4)7-6-12(16)17/h2,5-9H2,1,3-4H3,(H,16,17). The Bertz CT molecular complexity index is 289. The van der Waals surface area contributed by atoms with E-state index in [0.717, 1.165) is 5.57 Å². The molecular weight excluding hydrogens is 220 g/mol. The number of hydrogen-bond donors (Lipinski definition) is 1. The molecule has 1 amide bonds. The molecule has 0 aliphatic rings. The Labute approximate surface area is 103 Å². The lowest BCUT2D eigenvalue weighted by Crippen LogP contribution is -2.40. The van der Waals surface area contributed by atoms with Crippen LogP contribution in [0, 0.1) is 0 Å². The molecule has 0 aliphatic heterocycles. The highest BCUT2D eigenvalue weighted by molar-refractivity contribution is 5.78. The summed E-state index contributed by atoms with van der Waals surface area (Å²) in [7, 11) is 1.75. The number of hydrogen-bond acceptors (Lipinski definition) is 3. The van der Waals surface area contributed by atoms with Crippen molar-refractivity contribution >= 4 is 11.9 Å². The van der Waals surface area contributed by atoms with Gasteiger partial charge in [-0.3, -0.25) is 14.5 Å². The molecule has 0 aromatic rings. The normalized spacial score (nSPS) is 10.4. The lowest BCUT2D eigenvalue weighted by Gasteiger charge is -2.24. The van der Waals surface area contributed by atoms with Gasteiger partial charge >= 0.3 is 5.97 Å². The van der Waals surface area contributed by atoms with Gasteiger partial charge in [-0.2, -0.15) is 0 Å². The molecule has 5 nitrogen and oxygen atoms in total. The summed E-state index contributed by atoms with van der Waals surface area (Å²) in [5.74, 6) is -0.845. The van der Waals surface area contributed by atoms with E-state index < -0.39 is 5.97 Å². The van der Waals surface area contributed by atoms with Crippen LogP contribution in [-0.2, 0) is 9.59 Å². The summed E-state index contributed by atoms with van der Waals surface area (Å²) in [4.78, 5) is 25.7. The van der Waals surface area contributed by atoms with E-state index in [2.05, 4.69) is 6.58 Å². The van der Waals surface area contributed by atoms with Crippen molar-refractivity contribution in [3.8, 4) is 0 Å². The number of carbonyl (C=O) groups is 2. The van der Waals surface area contributed by atoms with Gasteiger partial charge in [0.15, 0.2) is 0 Å². The van der Waals surface area contributed by atoms with Crippen molar-refractivity contribution in [2.75, 3.05) is 33.2 Å². The topological polar surface area (TPSA) is 60.9 Å². The van der Waals surface area contributed by atoms with Gasteiger partial charge in [-0.05, 0) is 20.9 Å². The molecule has 0 heterocycles. The lowest BCUT2D eigenvalue weighted by molar-refractivity contribution is -0.138. The molecule has 0 atom stereocenters. The fraction of sp³-hybridized carbons (Fsp3) is 0.667. The van der Waals surface area contributed by atoms with Crippen molar-refractivity contribution in [2.24, 2.45) is 0 Å². The minimum atomic E-state index is -0.849. The van der Waals surface area contributed by atoms with Crippen LogP contribution in [-0.4, -0.2) is 60.0 Å². The summed E-state index contributed by atoms with van der Waals surface area (Å²) >= 11 is 0. The van der Waals surface area contributed by atoms with Crippen LogP contribution in [0.5, 0.6) is 0 Å². The fourth-order valence-corrected chi connectivity index (χ4v) is 1.40. The molecular formula is C12H22N2O3. The Kier molecular flexibility index (Phi) is 7.21. The van der Waals surface area contributed by atoms with Crippen LogP contribution in [0.4, 0.5) is 0 Å². The molecule has 0 radical (unpaired) electrons. The number of likely N-dealkylation sites (N-methyl/N-ethyl adjacent to an activating group) is 2. The first kappa shape index (κ1) is 15.6. The average Bonchev–Trinajstić information content (AvgIpc) is 2.22. The maximum absolute atomic E-state index is 11.9. The molecule has 0 aliphatic carbocycles. The summed E-state index contributed by atoms with van der Waals surface area (Å²) in [5, 5.41) is 8.54. The van der Waals surface area contributed by atoms with E-state index in [1.54, 1.807) is 16.8 Å². The Morgan fingerprint density at radius 1 is 1.29 bits per heavy atom. The Morgan fingerprint density at radius 2 is 1.88 bits per heavy atom. The number of amides is 1. The minimum Gasteiger partial charge on any atom is -0.481 e. The van der Waals surface area contributed by atoms with Gasteiger partial charge in [-0.1, -0.05) is 12.2 Å². The first-order valence-corrected chi connectivity index (χ1v) is 5.69. The van der Waals surface area contributed by atoms with Crippen LogP contribution in [0.2, 0.25) is 0 Å². The van der Waals surface area contributed by atoms with E-state index >= 15 is 0 Å². The fourth-order valence-electron chi connectivity index (χ4n) is 1.40. The Morgan fingerprint density at radius 3 is 2.29 bits per heavy atom. The number of aliphatic carboxylic acids is 1. The van der Waals surface area contributed by atoms with Gasteiger partial charge in [0.1, 0.15) is 0 Å². The van der Waals surface area contributed by atoms with Gasteiger partial charge in [0.25, 0.3) is 0 Å². The van der Waals surface area contributed by atoms with Gasteiger partial charge in [-0.15, -0.1) is 0 Å². The predicted molar refractivity (Wildman–Crippen MR) is 66.8 cm³/mol. The van der Waals surface area contributed by atoms with Crippen LogP contribution >= 0.6 is 0 Å². The summed E-state index contributed by atoms with van der Waals surface area (Å²) in [6, 6.07) is 0. The predicted octanol–water partition coefficient (Wildman–Crippen LogP) is 0.817. The molecule has 0 spiro atoms. The first-order chi connectivity index (χ1) is 7.86. The van der Waals surface area contributed by atoms with Gasteiger partial charge in [0.05, 0.1) is 13.0 Å². The second-order valence-corrected chi connectivity index (χ2v) is 4.25. The number of carbonyl (C=O) groups excluding carboxylic acids is 1. The van der Waals surface area contributed by atoms with Crippen molar-refractivity contribution < 1.29 is 14.7 Å². The average molecular weight is 242 g/mol. The van der Waals surface area contributed by atoms with Crippen LogP contribution in [0.15, 0.2) is 12.2 Å². The van der Waals surface area contributed by atoms with E-state index in [-0.39, 0.29) is 18.9 Å². The van der Waals surface area contributed by atoms with Gasteiger partial charge in [-0.25, -0.2) is 0 Å². The second-order valence-electron chi connectivity index (χ2n) is 4.25. The molecule has 5 heteroatoms. The molecule has 98 valence electrons. The first-order valence-electron chi connectivity index (χ1n) is 5.69. The largest absolute Gasteiger partial charge is 0.481 e. The quantitative estimate of drug-likeness (QED) is 0.640. The van der Waals surface area contributed by atoms with Crippen molar-refractivity contribution in [3.05, 3.63) is 12.2 Å². The molecule has 0 aromatic carbocycles. The number of nitrogens with zero attached hydrogens (tertiary/aromatic N) is 2. The van der Waals surface area contributed by atoms with E-state index in [4.69, 9.17) is 5.11 Å². The maximum Gasteiger partial charge on any atom is 0.304 e. The zero-order valence-electron chi connectivity index (χ0n) is 10.9. The van der Waals surface area contributed by atoms with E-state index in [9.17, 15) is 9.59 Å². The number of carboxylic acid groups (broad SMARTS) is 1. The molecule has 0 rings (SSSR count). The molecule has 0 unspecified atom stereocenters. The summed E-state index contributed by atoms with van der Waals surface area (Å²) in [6.07, 6.45) is 0.0520. The SMILES string of the molecule is C=C(C)CN(CC)C(=O)CN(C)CCC(=O)O. The molecule has 0 bridgehead atoms. The van der Waals surface area contributed by atoms with Crippen LogP contribution in [0.25, 0.3) is 0 Å². The third-order valence-corrected chi connectivity index (χ3v) is 2.31. The third-order valence-electron chi connectivity index (χ3n) is 2.31. The third kappa shape index (κ3) is 7.52. The lowest BCUT2D eigenvalue weighted by atomic mass is 10.3. The second kappa shape index (κ2) is 7.84. The van der Waals surface area contributed by atoms with Crippen molar-refractivity contribution in [1.29, 1.82) is 0 Å². The highest BCUT2D eigenvalue weighted by Gasteiger charge is 2.14. The highest BCUT2D eigenvalue weighted by Crippen LogP contribution is 1.98. The monoisotopic (exact) mass is 242 g/mol. The highest BCUT2D eigenvalue weighted by atomic mass is 16.4. The molecule has 0 fully saturated rings. The van der Waals surface area contributed by atoms with Gasteiger partial charge in [0.2, 0.25) is 5.91 Å². The molecule has 0 saturated heterocycles. The zero-order valence-corrected chi connectivity index (χ0v) is 10.9. The number of rotatable bonds is 8. The van der Waals surface area contributed by atoms with Crippen LogP contribution < -0.4 is 0 Å². The molecule has 1 N–H and O–H groups in total. The maximum atomic E-state index is 11.9. The van der Waals surface area contributed by atoms with Crippen LogP contribution in [0.3, 0.4) is 0 Å². The van der Waals surface area contributed by atoms with E-state index in [1.807, 2.05) is 13.8 Å². The molecule has 17 heavy (non-hydrogen) atoms. The summed E-state index contributed by atoms with van der Waals surface area (Å²) in [5.41, 5.74) is 0.938. The van der Waals surface area contributed by atoms with Crippen LogP contribution in [0.1, 0.15) is 20.3 Å². The summed E-state index contributed by atoms with van der Waals surface area (Å²) < 4.78 is 0. The Hall–Kier alpha value is -1.36. The zero-order chi connectivity index (χ0) is 13.4. The van der Waals surface area contributed by atoms with Gasteiger partial charge < -0.3 is 10.0 Å². The molecule has 0 aromatic heterocycles. The smallest absolute Gasteiger partial charge is 0.304 e. The van der Waals surface area contributed by atoms with Crippen molar-refractivity contribution in [2.45, 2.75) is 20.3 Å². The minimum absolute atomic E-state index is 0.00314. The molecule has 0 saturated carbocycles. The van der Waals surface area contributed by atoms with E-state index in [1.165, 1.54) is 0 Å². The van der Waals surface area contributed by atoms with Crippen molar-refractivity contribution in [1.82, 2.24) is 9.80 Å². The van der Waals surface area contributed by atoms with Crippen molar-refractivity contribution in [3.63, 3.8) is 0 Å². The number of carboxylic acids is 1. The Balaban J connectivity index is 4.11. The van der Waals surface area contributed by atoms with E-state index in [0.29, 0.717) is 19.6 Å².